The molecule has 126 valence electrons. The van der Waals surface area contributed by atoms with Crippen molar-refractivity contribution in [3.05, 3.63) is 50.1 Å². The van der Waals surface area contributed by atoms with Gasteiger partial charge in [0.1, 0.15) is 5.69 Å². The number of hydrogen-bond acceptors (Lipinski definition) is 6. The SMILES string of the molecule is CC1(C)C2CC=C(C=NNc3ccc([N+](=O)[O-])cc3[N+](=O)[O-])C1C2. The van der Waals surface area contributed by atoms with Crippen LogP contribution in [0, 0.1) is 37.5 Å². The molecule has 1 saturated carbocycles. The minimum absolute atomic E-state index is 0.129. The Morgan fingerprint density at radius 2 is 2.04 bits per heavy atom. The fraction of sp³-hybridized carbons (Fsp3) is 0.438. The van der Waals surface area contributed by atoms with Gasteiger partial charge < -0.3 is 0 Å². The molecule has 3 aliphatic carbocycles. The fourth-order valence-corrected chi connectivity index (χ4v) is 3.60. The van der Waals surface area contributed by atoms with Crippen LogP contribution in [0.3, 0.4) is 0 Å². The summed E-state index contributed by atoms with van der Waals surface area (Å²) in [6.07, 6.45) is 6.05. The number of allylic oxidation sites excluding steroid dienone is 2. The second-order valence-electron chi connectivity index (χ2n) is 6.83. The molecule has 0 radical (unpaired) electrons. The van der Waals surface area contributed by atoms with Crippen molar-refractivity contribution in [3.63, 3.8) is 0 Å². The van der Waals surface area contributed by atoms with Gasteiger partial charge in [-0.1, -0.05) is 19.9 Å². The zero-order valence-electron chi connectivity index (χ0n) is 13.4. The number of fused-ring (bicyclic) bond motifs is 1. The van der Waals surface area contributed by atoms with Crippen LogP contribution < -0.4 is 5.43 Å². The number of non-ortho nitro benzene ring substituents is 1. The predicted octanol–water partition coefficient (Wildman–Crippen LogP) is 3.89. The second-order valence-corrected chi connectivity index (χ2v) is 6.83. The Hall–Kier alpha value is -2.77. The van der Waals surface area contributed by atoms with Gasteiger partial charge >= 0.3 is 5.69 Å². The summed E-state index contributed by atoms with van der Waals surface area (Å²) in [4.78, 5) is 20.5. The first-order chi connectivity index (χ1) is 11.3. The molecule has 0 amide bonds. The van der Waals surface area contributed by atoms with Crippen molar-refractivity contribution in [2.75, 3.05) is 5.43 Å². The molecule has 2 bridgehead atoms. The van der Waals surface area contributed by atoms with Gasteiger partial charge in [-0.3, -0.25) is 25.7 Å². The van der Waals surface area contributed by atoms with Crippen molar-refractivity contribution in [2.24, 2.45) is 22.4 Å². The summed E-state index contributed by atoms with van der Waals surface area (Å²) in [5.74, 6) is 1.19. The minimum Gasteiger partial charge on any atom is -0.272 e. The molecule has 8 heteroatoms. The van der Waals surface area contributed by atoms with Crippen LogP contribution in [-0.2, 0) is 0 Å². The van der Waals surface area contributed by atoms with Gasteiger partial charge in [0.05, 0.1) is 22.1 Å². The maximum atomic E-state index is 11.1. The number of nitro benzene ring substituents is 2. The van der Waals surface area contributed by atoms with Gasteiger partial charge in [-0.05, 0) is 41.7 Å². The summed E-state index contributed by atoms with van der Waals surface area (Å²) < 4.78 is 0. The van der Waals surface area contributed by atoms with Crippen molar-refractivity contribution in [1.82, 2.24) is 0 Å². The standard InChI is InChI=1S/C16H18N4O4/c1-16(2)11-4-3-10(13(16)7-11)9-17-18-14-6-5-12(19(21)22)8-15(14)20(23)24/h3,5-6,8-9,11,13,18H,4,7H2,1-2H3. The Kier molecular flexibility index (Phi) is 3.82. The molecule has 2 unspecified atom stereocenters. The molecule has 1 N–H and O–H groups in total. The van der Waals surface area contributed by atoms with Crippen LogP contribution in [0.4, 0.5) is 17.1 Å². The van der Waals surface area contributed by atoms with Crippen molar-refractivity contribution >= 4 is 23.3 Å². The Morgan fingerprint density at radius 1 is 1.29 bits per heavy atom. The average molecular weight is 330 g/mol. The number of benzene rings is 1. The topological polar surface area (TPSA) is 111 Å². The van der Waals surface area contributed by atoms with E-state index in [9.17, 15) is 20.2 Å². The summed E-state index contributed by atoms with van der Waals surface area (Å²) in [6.45, 7) is 4.50. The fourth-order valence-electron chi connectivity index (χ4n) is 3.60. The maximum Gasteiger partial charge on any atom is 0.301 e. The number of hydrazone groups is 1. The van der Waals surface area contributed by atoms with Gasteiger partial charge in [-0.2, -0.15) is 5.10 Å². The summed E-state index contributed by atoms with van der Waals surface area (Å²) in [7, 11) is 0. The molecule has 2 atom stereocenters. The molecular formula is C16H18N4O4. The van der Waals surface area contributed by atoms with Gasteiger partial charge in [0, 0.05) is 6.07 Å². The lowest BCUT2D eigenvalue weighted by molar-refractivity contribution is -0.393. The molecule has 1 aromatic carbocycles. The highest BCUT2D eigenvalue weighted by Gasteiger charge is 2.50. The Bertz CT molecular complexity index is 769. The summed E-state index contributed by atoms with van der Waals surface area (Å²) in [5.41, 5.74) is 3.48. The number of nitrogens with zero attached hydrogens (tertiary/aromatic N) is 3. The van der Waals surface area contributed by atoms with Gasteiger partial charge in [-0.15, -0.1) is 0 Å². The Balaban J connectivity index is 1.76. The molecule has 0 aromatic heterocycles. The van der Waals surface area contributed by atoms with Crippen LogP contribution in [0.25, 0.3) is 0 Å². The van der Waals surface area contributed by atoms with Crippen LogP contribution in [0.5, 0.6) is 0 Å². The summed E-state index contributed by atoms with van der Waals surface area (Å²) >= 11 is 0. The third-order valence-electron chi connectivity index (χ3n) is 5.30. The highest BCUT2D eigenvalue weighted by Crippen LogP contribution is 2.58. The van der Waals surface area contributed by atoms with E-state index < -0.39 is 9.85 Å². The number of nitro groups is 2. The number of anilines is 1. The quantitative estimate of drug-likeness (QED) is 0.500. The van der Waals surface area contributed by atoms with Crippen LogP contribution in [0.2, 0.25) is 0 Å². The zero-order valence-corrected chi connectivity index (χ0v) is 13.4. The van der Waals surface area contributed by atoms with Crippen LogP contribution >= 0.6 is 0 Å². The molecule has 0 saturated heterocycles. The van der Waals surface area contributed by atoms with Gasteiger partial charge in [0.2, 0.25) is 0 Å². The molecule has 24 heavy (non-hydrogen) atoms. The molecule has 3 aliphatic rings. The van der Waals surface area contributed by atoms with E-state index in [0.29, 0.717) is 5.92 Å². The van der Waals surface area contributed by atoms with E-state index >= 15 is 0 Å². The van der Waals surface area contributed by atoms with Crippen LogP contribution in [0.15, 0.2) is 34.9 Å². The van der Waals surface area contributed by atoms with Gasteiger partial charge in [-0.25, -0.2) is 0 Å². The van der Waals surface area contributed by atoms with E-state index in [4.69, 9.17) is 0 Å². The minimum atomic E-state index is -0.665. The third-order valence-corrected chi connectivity index (χ3v) is 5.30. The molecule has 4 rings (SSSR count). The zero-order chi connectivity index (χ0) is 17.5. The first-order valence-corrected chi connectivity index (χ1v) is 7.72. The molecule has 0 heterocycles. The van der Waals surface area contributed by atoms with E-state index in [1.165, 1.54) is 12.1 Å². The largest absolute Gasteiger partial charge is 0.301 e. The number of rotatable bonds is 5. The molecule has 1 aromatic rings. The predicted molar refractivity (Wildman–Crippen MR) is 89.9 cm³/mol. The van der Waals surface area contributed by atoms with E-state index in [0.717, 1.165) is 30.4 Å². The van der Waals surface area contributed by atoms with E-state index in [1.807, 2.05) is 0 Å². The highest BCUT2D eigenvalue weighted by atomic mass is 16.6. The first kappa shape index (κ1) is 16.1. The number of nitrogens with one attached hydrogen (secondary N) is 1. The molecular weight excluding hydrogens is 312 g/mol. The lowest BCUT2D eigenvalue weighted by Crippen LogP contribution is -2.48. The van der Waals surface area contributed by atoms with Gasteiger partial charge in [0.15, 0.2) is 0 Å². The van der Waals surface area contributed by atoms with Crippen molar-refractivity contribution in [3.8, 4) is 0 Å². The summed E-state index contributed by atoms with van der Waals surface area (Å²) in [5, 5.41) is 25.9. The van der Waals surface area contributed by atoms with E-state index in [2.05, 4.69) is 30.5 Å². The monoisotopic (exact) mass is 330 g/mol. The third kappa shape index (κ3) is 2.64. The molecule has 8 nitrogen and oxygen atoms in total. The smallest absolute Gasteiger partial charge is 0.272 e. The number of hydrogen-bond donors (Lipinski definition) is 1. The highest BCUT2D eigenvalue weighted by molar-refractivity contribution is 5.81. The van der Waals surface area contributed by atoms with Crippen LogP contribution in [-0.4, -0.2) is 16.1 Å². The van der Waals surface area contributed by atoms with E-state index in [-0.39, 0.29) is 22.5 Å². The van der Waals surface area contributed by atoms with Crippen molar-refractivity contribution < 1.29 is 9.85 Å². The Labute approximate surface area is 138 Å². The molecule has 1 fully saturated rings. The molecule has 0 aliphatic heterocycles. The van der Waals surface area contributed by atoms with Crippen molar-refractivity contribution in [1.29, 1.82) is 0 Å². The average Bonchev–Trinajstić information content (AvgIpc) is 2.54. The lowest BCUT2D eigenvalue weighted by Gasteiger charge is -2.55. The first-order valence-electron chi connectivity index (χ1n) is 7.72. The maximum absolute atomic E-state index is 11.1. The lowest BCUT2D eigenvalue weighted by atomic mass is 9.49. The summed E-state index contributed by atoms with van der Waals surface area (Å²) in [6, 6.07) is 3.44. The van der Waals surface area contributed by atoms with Crippen LogP contribution in [0.1, 0.15) is 26.7 Å². The molecule has 0 spiro atoms. The normalized spacial score (nSPS) is 24.2. The second kappa shape index (κ2) is 5.70. The van der Waals surface area contributed by atoms with Gasteiger partial charge in [0.25, 0.3) is 5.69 Å². The van der Waals surface area contributed by atoms with E-state index in [1.54, 1.807) is 6.21 Å². The van der Waals surface area contributed by atoms with Crippen molar-refractivity contribution in [2.45, 2.75) is 26.7 Å². The Morgan fingerprint density at radius 3 is 2.62 bits per heavy atom.